The van der Waals surface area contributed by atoms with Gasteiger partial charge in [-0.15, -0.1) is 0 Å². The predicted octanol–water partition coefficient (Wildman–Crippen LogP) is 3.19. The molecular weight excluding hydrogens is 280 g/mol. The van der Waals surface area contributed by atoms with Crippen molar-refractivity contribution >= 4 is 0 Å². The minimum atomic E-state index is -0.560. The monoisotopic (exact) mass is 300 g/mol. The van der Waals surface area contributed by atoms with Crippen LogP contribution >= 0.6 is 0 Å². The average molecular weight is 300 g/mol. The number of methoxy groups -OCH3 is 1. The van der Waals surface area contributed by atoms with E-state index in [4.69, 9.17) is 14.2 Å². The molecule has 0 saturated carbocycles. The van der Waals surface area contributed by atoms with Crippen molar-refractivity contribution in [3.05, 3.63) is 59.2 Å². The second-order valence-electron chi connectivity index (χ2n) is 5.52. The van der Waals surface area contributed by atoms with Crippen LogP contribution in [-0.4, -0.2) is 25.6 Å². The lowest BCUT2D eigenvalue weighted by Crippen LogP contribution is -2.24. The number of hydrogen-bond acceptors (Lipinski definition) is 4. The third kappa shape index (κ3) is 2.93. The summed E-state index contributed by atoms with van der Waals surface area (Å²) < 4.78 is 16.1. The molecule has 116 valence electrons. The van der Waals surface area contributed by atoms with Gasteiger partial charge in [0.25, 0.3) is 0 Å². The highest BCUT2D eigenvalue weighted by Gasteiger charge is 2.30. The summed E-state index contributed by atoms with van der Waals surface area (Å²) in [6, 6.07) is 13.6. The molecule has 4 heteroatoms. The summed E-state index contributed by atoms with van der Waals surface area (Å²) in [5, 5.41) is 10.6. The van der Waals surface area contributed by atoms with Gasteiger partial charge in [-0.2, -0.15) is 0 Å². The maximum Gasteiger partial charge on any atom is 0.188 e. The van der Waals surface area contributed by atoms with Gasteiger partial charge >= 0.3 is 0 Å². The van der Waals surface area contributed by atoms with Crippen LogP contribution in [0.15, 0.2) is 42.5 Å². The molecule has 4 nitrogen and oxygen atoms in total. The molecule has 3 rings (SSSR count). The van der Waals surface area contributed by atoms with E-state index < -0.39 is 6.10 Å². The zero-order valence-electron chi connectivity index (χ0n) is 12.8. The maximum atomic E-state index is 10.6. The summed E-state index contributed by atoms with van der Waals surface area (Å²) in [6.07, 6.45) is -0.560. The summed E-state index contributed by atoms with van der Waals surface area (Å²) in [4.78, 5) is 0. The number of rotatable bonds is 4. The SMILES string of the molecule is COCOc1ccc(C2COc3cc(C)ccc3C2O)cc1. The lowest BCUT2D eigenvalue weighted by Gasteiger charge is -2.31. The summed E-state index contributed by atoms with van der Waals surface area (Å²) in [6.45, 7) is 2.71. The van der Waals surface area contributed by atoms with Crippen molar-refractivity contribution in [3.63, 3.8) is 0 Å². The van der Waals surface area contributed by atoms with Crippen molar-refractivity contribution in [2.75, 3.05) is 20.5 Å². The van der Waals surface area contributed by atoms with Crippen LogP contribution in [0, 0.1) is 6.92 Å². The fourth-order valence-corrected chi connectivity index (χ4v) is 2.72. The molecule has 0 bridgehead atoms. The van der Waals surface area contributed by atoms with Gasteiger partial charge in [0.05, 0.1) is 12.7 Å². The fraction of sp³-hybridized carbons (Fsp3) is 0.333. The first-order valence-electron chi connectivity index (χ1n) is 7.32. The van der Waals surface area contributed by atoms with Crippen LogP contribution in [0.1, 0.15) is 28.7 Å². The molecule has 2 atom stereocenters. The normalized spacial score (nSPS) is 20.1. The van der Waals surface area contributed by atoms with Gasteiger partial charge in [0.15, 0.2) is 6.79 Å². The van der Waals surface area contributed by atoms with Crippen molar-refractivity contribution in [3.8, 4) is 11.5 Å². The zero-order valence-corrected chi connectivity index (χ0v) is 12.8. The summed E-state index contributed by atoms with van der Waals surface area (Å²) in [7, 11) is 1.59. The van der Waals surface area contributed by atoms with Gasteiger partial charge < -0.3 is 19.3 Å². The first kappa shape index (κ1) is 14.9. The number of benzene rings is 2. The molecule has 2 aromatic rings. The van der Waals surface area contributed by atoms with E-state index in [0.29, 0.717) is 6.61 Å². The summed E-state index contributed by atoms with van der Waals surface area (Å²) in [5.41, 5.74) is 3.01. The van der Waals surface area contributed by atoms with Gasteiger partial charge in [-0.05, 0) is 36.2 Å². The number of aryl methyl sites for hydroxylation is 1. The molecule has 1 aliphatic rings. The predicted molar refractivity (Wildman–Crippen MR) is 83.3 cm³/mol. The molecule has 0 amide bonds. The number of aliphatic hydroxyl groups excluding tert-OH is 1. The molecule has 0 spiro atoms. The van der Waals surface area contributed by atoms with Gasteiger partial charge in [-0.3, -0.25) is 0 Å². The van der Waals surface area contributed by atoms with E-state index in [1.54, 1.807) is 7.11 Å². The molecule has 1 heterocycles. The van der Waals surface area contributed by atoms with Crippen molar-refractivity contribution in [2.24, 2.45) is 0 Å². The highest BCUT2D eigenvalue weighted by atomic mass is 16.7. The number of hydrogen-bond donors (Lipinski definition) is 1. The standard InChI is InChI=1S/C18H20O4/c1-12-3-8-15-17(9-12)21-10-16(18(15)19)13-4-6-14(7-5-13)22-11-20-2/h3-9,16,18-19H,10-11H2,1-2H3. The van der Waals surface area contributed by atoms with Crippen molar-refractivity contribution in [2.45, 2.75) is 18.9 Å². The number of fused-ring (bicyclic) bond motifs is 1. The largest absolute Gasteiger partial charge is 0.492 e. The van der Waals surface area contributed by atoms with E-state index in [2.05, 4.69) is 0 Å². The van der Waals surface area contributed by atoms with E-state index in [1.807, 2.05) is 49.4 Å². The van der Waals surface area contributed by atoms with Crippen molar-refractivity contribution in [1.29, 1.82) is 0 Å². The molecule has 2 aromatic carbocycles. The topological polar surface area (TPSA) is 47.9 Å². The smallest absolute Gasteiger partial charge is 0.188 e. The molecule has 0 aromatic heterocycles. The fourth-order valence-electron chi connectivity index (χ4n) is 2.72. The van der Waals surface area contributed by atoms with Gasteiger partial charge in [0, 0.05) is 18.6 Å². The Morgan fingerprint density at radius 1 is 1.18 bits per heavy atom. The lowest BCUT2D eigenvalue weighted by atomic mass is 9.87. The first-order chi connectivity index (χ1) is 10.7. The van der Waals surface area contributed by atoms with Crippen LogP contribution < -0.4 is 9.47 Å². The third-order valence-corrected chi connectivity index (χ3v) is 3.94. The lowest BCUT2D eigenvalue weighted by molar-refractivity contribution is 0.0510. The van der Waals surface area contributed by atoms with Crippen molar-refractivity contribution in [1.82, 2.24) is 0 Å². The minimum absolute atomic E-state index is 0.0771. The van der Waals surface area contributed by atoms with Crippen molar-refractivity contribution < 1.29 is 19.3 Å². The maximum absolute atomic E-state index is 10.6. The Kier molecular flexibility index (Phi) is 4.32. The highest BCUT2D eigenvalue weighted by molar-refractivity contribution is 5.43. The zero-order chi connectivity index (χ0) is 15.5. The number of aliphatic hydroxyl groups is 1. The molecule has 2 unspecified atom stereocenters. The van der Waals surface area contributed by atoms with Crippen LogP contribution in [0.4, 0.5) is 0 Å². The van der Waals surface area contributed by atoms with Crippen LogP contribution in [-0.2, 0) is 4.74 Å². The Morgan fingerprint density at radius 2 is 1.95 bits per heavy atom. The van der Waals surface area contributed by atoms with Crippen LogP contribution in [0.25, 0.3) is 0 Å². The quantitative estimate of drug-likeness (QED) is 0.881. The van der Waals surface area contributed by atoms with E-state index >= 15 is 0 Å². The second-order valence-corrected chi connectivity index (χ2v) is 5.52. The molecule has 0 fully saturated rings. The molecule has 0 aliphatic carbocycles. The Labute approximate surface area is 130 Å². The van der Waals surface area contributed by atoms with Gasteiger partial charge in [-0.25, -0.2) is 0 Å². The van der Waals surface area contributed by atoms with E-state index in [1.165, 1.54) is 0 Å². The van der Waals surface area contributed by atoms with E-state index in [0.717, 1.165) is 28.2 Å². The Bertz CT molecular complexity index is 636. The van der Waals surface area contributed by atoms with E-state index in [9.17, 15) is 5.11 Å². The first-order valence-corrected chi connectivity index (χ1v) is 7.32. The molecule has 0 saturated heterocycles. The summed E-state index contributed by atoms with van der Waals surface area (Å²) >= 11 is 0. The number of ether oxygens (including phenoxy) is 3. The van der Waals surface area contributed by atoms with Crippen LogP contribution in [0.3, 0.4) is 0 Å². The highest BCUT2D eigenvalue weighted by Crippen LogP contribution is 2.41. The molecular formula is C18H20O4. The average Bonchev–Trinajstić information content (AvgIpc) is 2.54. The summed E-state index contributed by atoms with van der Waals surface area (Å²) in [5.74, 6) is 1.45. The minimum Gasteiger partial charge on any atom is -0.492 e. The molecule has 0 radical (unpaired) electrons. The van der Waals surface area contributed by atoms with Crippen LogP contribution in [0.5, 0.6) is 11.5 Å². The molecule has 1 aliphatic heterocycles. The second kappa shape index (κ2) is 6.38. The Hall–Kier alpha value is -2.04. The molecule has 22 heavy (non-hydrogen) atoms. The third-order valence-electron chi connectivity index (χ3n) is 3.94. The van der Waals surface area contributed by atoms with Gasteiger partial charge in [-0.1, -0.05) is 24.3 Å². The van der Waals surface area contributed by atoms with Gasteiger partial charge in [0.1, 0.15) is 11.5 Å². The van der Waals surface area contributed by atoms with Crippen LogP contribution in [0.2, 0.25) is 0 Å². The van der Waals surface area contributed by atoms with E-state index in [-0.39, 0.29) is 12.7 Å². The Balaban J connectivity index is 1.79. The Morgan fingerprint density at radius 3 is 2.68 bits per heavy atom. The molecule has 1 N–H and O–H groups in total. The van der Waals surface area contributed by atoms with Gasteiger partial charge in [0.2, 0.25) is 0 Å².